The second kappa shape index (κ2) is 9.77. The van der Waals surface area contributed by atoms with Crippen LogP contribution >= 0.6 is 0 Å². The fourth-order valence-corrected chi connectivity index (χ4v) is 3.86. The highest BCUT2D eigenvalue weighted by atomic mass is 16.7. The predicted molar refractivity (Wildman–Crippen MR) is 91.2 cm³/mol. The first-order chi connectivity index (χ1) is 12.4. The first-order valence-corrected chi connectivity index (χ1v) is 9.21. The van der Waals surface area contributed by atoms with E-state index in [0.717, 1.165) is 19.3 Å². The molecule has 150 valence electrons. The largest absolute Gasteiger partial charge is 0.481 e. The summed E-state index contributed by atoms with van der Waals surface area (Å²) >= 11 is 0. The van der Waals surface area contributed by atoms with E-state index in [1.807, 2.05) is 13.0 Å². The van der Waals surface area contributed by atoms with Crippen molar-refractivity contribution >= 4 is 5.97 Å². The lowest BCUT2D eigenvalue weighted by Crippen LogP contribution is -2.59. The Labute approximate surface area is 153 Å². The number of hydrogen-bond donors (Lipinski definition) is 5. The van der Waals surface area contributed by atoms with E-state index in [1.165, 1.54) is 0 Å². The van der Waals surface area contributed by atoms with Gasteiger partial charge in [0.05, 0.1) is 19.1 Å². The van der Waals surface area contributed by atoms with Crippen LogP contribution in [0.4, 0.5) is 0 Å². The summed E-state index contributed by atoms with van der Waals surface area (Å²) in [4.78, 5) is 11.3. The number of aliphatic hydroxyl groups excluding tert-OH is 4. The topological polar surface area (TPSA) is 137 Å². The van der Waals surface area contributed by atoms with E-state index < -0.39 is 49.4 Å². The molecule has 8 unspecified atom stereocenters. The van der Waals surface area contributed by atoms with Crippen LogP contribution in [0, 0.1) is 11.8 Å². The Morgan fingerprint density at radius 1 is 1.15 bits per heavy atom. The standard InChI is InChI=1S/C18H30O8/c1-2-3-4-5-10-6-7-12(11(10)8-14(20)21)25-18-17(24)16(23)15(22)13(9-19)26-18/h3-4,10-13,15-19,22-24H,2,5-9H2,1H3,(H,20,21). The zero-order valence-corrected chi connectivity index (χ0v) is 15.0. The second-order valence-corrected chi connectivity index (χ2v) is 7.09. The van der Waals surface area contributed by atoms with Gasteiger partial charge in [0.25, 0.3) is 0 Å². The minimum absolute atomic E-state index is 0.0489. The summed E-state index contributed by atoms with van der Waals surface area (Å²) in [5.74, 6) is -0.992. The van der Waals surface area contributed by atoms with E-state index >= 15 is 0 Å². The van der Waals surface area contributed by atoms with Crippen LogP contribution in [0.5, 0.6) is 0 Å². The smallest absolute Gasteiger partial charge is 0.303 e. The van der Waals surface area contributed by atoms with Crippen LogP contribution in [0.3, 0.4) is 0 Å². The summed E-state index contributed by atoms with van der Waals surface area (Å²) in [6.45, 7) is 1.50. The average molecular weight is 374 g/mol. The Hall–Kier alpha value is -1.03. The molecule has 0 aromatic carbocycles. The number of rotatable bonds is 8. The normalized spacial score (nSPS) is 41.0. The van der Waals surface area contributed by atoms with Crippen LogP contribution in [0.15, 0.2) is 12.2 Å². The van der Waals surface area contributed by atoms with Gasteiger partial charge in [-0.1, -0.05) is 19.1 Å². The van der Waals surface area contributed by atoms with Gasteiger partial charge in [0.15, 0.2) is 6.29 Å². The van der Waals surface area contributed by atoms with Crippen LogP contribution in [0.25, 0.3) is 0 Å². The van der Waals surface area contributed by atoms with Gasteiger partial charge in [-0.2, -0.15) is 0 Å². The lowest BCUT2D eigenvalue weighted by molar-refractivity contribution is -0.314. The number of carbonyl (C=O) groups is 1. The van der Waals surface area contributed by atoms with Crippen molar-refractivity contribution in [3.63, 3.8) is 0 Å². The highest BCUT2D eigenvalue weighted by molar-refractivity contribution is 5.67. The van der Waals surface area contributed by atoms with Crippen LogP contribution in [0.1, 0.15) is 39.0 Å². The third-order valence-electron chi connectivity index (χ3n) is 5.31. The average Bonchev–Trinajstić information content (AvgIpc) is 2.97. The van der Waals surface area contributed by atoms with Crippen LogP contribution in [-0.4, -0.2) is 74.9 Å². The molecule has 8 nitrogen and oxygen atoms in total. The Balaban J connectivity index is 2.05. The van der Waals surface area contributed by atoms with Gasteiger partial charge >= 0.3 is 5.97 Å². The number of aliphatic carboxylic acids is 1. The zero-order chi connectivity index (χ0) is 19.3. The van der Waals surface area contributed by atoms with Crippen molar-refractivity contribution in [3.8, 4) is 0 Å². The molecule has 0 spiro atoms. The molecule has 2 fully saturated rings. The van der Waals surface area contributed by atoms with Crippen molar-refractivity contribution in [2.45, 2.75) is 75.8 Å². The molecule has 1 aliphatic carbocycles. The second-order valence-electron chi connectivity index (χ2n) is 7.09. The maximum absolute atomic E-state index is 11.3. The lowest BCUT2D eigenvalue weighted by atomic mass is 9.88. The molecule has 1 aliphatic heterocycles. The molecule has 0 amide bonds. The van der Waals surface area contributed by atoms with Gasteiger partial charge in [-0.15, -0.1) is 0 Å². The molecule has 8 atom stereocenters. The van der Waals surface area contributed by atoms with Crippen molar-refractivity contribution in [1.29, 1.82) is 0 Å². The molecule has 2 aliphatic rings. The van der Waals surface area contributed by atoms with E-state index in [0.29, 0.717) is 6.42 Å². The van der Waals surface area contributed by atoms with Crippen LogP contribution in [0.2, 0.25) is 0 Å². The zero-order valence-electron chi connectivity index (χ0n) is 15.0. The predicted octanol–water partition coefficient (Wildman–Crippen LogP) is 0.0287. The molecule has 0 radical (unpaired) electrons. The van der Waals surface area contributed by atoms with Crippen LogP contribution in [-0.2, 0) is 14.3 Å². The fourth-order valence-electron chi connectivity index (χ4n) is 3.86. The summed E-state index contributed by atoms with van der Waals surface area (Å²) in [6.07, 6.45) is 0.0236. The maximum atomic E-state index is 11.3. The molecule has 5 N–H and O–H groups in total. The molecular weight excluding hydrogens is 344 g/mol. The monoisotopic (exact) mass is 374 g/mol. The van der Waals surface area contributed by atoms with Gasteiger partial charge in [0, 0.05) is 0 Å². The van der Waals surface area contributed by atoms with Gasteiger partial charge in [-0.05, 0) is 37.5 Å². The first kappa shape index (κ1) is 21.3. The third kappa shape index (κ3) is 5.03. The van der Waals surface area contributed by atoms with Gasteiger partial charge in [0.1, 0.15) is 24.4 Å². The number of hydrogen-bond acceptors (Lipinski definition) is 7. The quantitative estimate of drug-likeness (QED) is 0.375. The SMILES string of the molecule is CCC=CCC1CCC(OC2OC(CO)C(O)C(O)C2O)C1CC(=O)O. The van der Waals surface area contributed by atoms with Crippen molar-refractivity contribution in [3.05, 3.63) is 12.2 Å². The van der Waals surface area contributed by atoms with E-state index in [-0.39, 0.29) is 18.3 Å². The number of aliphatic hydroxyl groups is 4. The van der Waals surface area contributed by atoms with Crippen molar-refractivity contribution in [2.75, 3.05) is 6.61 Å². The van der Waals surface area contributed by atoms with Crippen molar-refractivity contribution in [1.82, 2.24) is 0 Å². The van der Waals surface area contributed by atoms with Gasteiger partial charge in [-0.25, -0.2) is 0 Å². The summed E-state index contributed by atoms with van der Waals surface area (Å²) < 4.78 is 11.2. The molecule has 0 bridgehead atoms. The van der Waals surface area contributed by atoms with E-state index in [2.05, 4.69) is 6.08 Å². The van der Waals surface area contributed by atoms with Crippen molar-refractivity contribution < 1.29 is 39.8 Å². The minimum atomic E-state index is -1.51. The summed E-state index contributed by atoms with van der Waals surface area (Å²) in [5, 5.41) is 48.3. The fraction of sp³-hybridized carbons (Fsp3) is 0.833. The summed E-state index contributed by atoms with van der Waals surface area (Å²) in [5.41, 5.74) is 0. The Morgan fingerprint density at radius 3 is 2.50 bits per heavy atom. The van der Waals surface area contributed by atoms with E-state index in [1.54, 1.807) is 0 Å². The highest BCUT2D eigenvalue weighted by Crippen LogP contribution is 2.40. The summed E-state index contributed by atoms with van der Waals surface area (Å²) in [6, 6.07) is 0. The molecule has 1 saturated carbocycles. The molecule has 0 aromatic heterocycles. The molecule has 8 heteroatoms. The Kier molecular flexibility index (Phi) is 8.00. The molecule has 1 heterocycles. The van der Waals surface area contributed by atoms with Gasteiger partial charge in [0.2, 0.25) is 0 Å². The first-order valence-electron chi connectivity index (χ1n) is 9.21. The molecular formula is C18H30O8. The Morgan fingerprint density at radius 2 is 1.88 bits per heavy atom. The number of ether oxygens (including phenoxy) is 2. The van der Waals surface area contributed by atoms with E-state index in [4.69, 9.17) is 9.47 Å². The molecule has 1 saturated heterocycles. The number of carboxylic acids is 1. The number of allylic oxidation sites excluding steroid dienone is 2. The summed E-state index contributed by atoms with van der Waals surface area (Å²) in [7, 11) is 0. The van der Waals surface area contributed by atoms with Crippen LogP contribution < -0.4 is 0 Å². The Bertz CT molecular complexity index is 480. The minimum Gasteiger partial charge on any atom is -0.481 e. The highest BCUT2D eigenvalue weighted by Gasteiger charge is 2.47. The molecule has 2 rings (SSSR count). The van der Waals surface area contributed by atoms with Gasteiger partial charge < -0.3 is 35.0 Å². The van der Waals surface area contributed by atoms with E-state index in [9.17, 15) is 30.3 Å². The van der Waals surface area contributed by atoms with Gasteiger partial charge in [-0.3, -0.25) is 4.79 Å². The lowest BCUT2D eigenvalue weighted by Gasteiger charge is -2.41. The van der Waals surface area contributed by atoms with Crippen molar-refractivity contribution in [2.24, 2.45) is 11.8 Å². The third-order valence-corrected chi connectivity index (χ3v) is 5.31. The number of carboxylic acid groups (broad SMARTS) is 1. The molecule has 0 aromatic rings. The maximum Gasteiger partial charge on any atom is 0.303 e. The molecule has 26 heavy (non-hydrogen) atoms.